The summed E-state index contributed by atoms with van der Waals surface area (Å²) in [6.07, 6.45) is 0.845. The summed E-state index contributed by atoms with van der Waals surface area (Å²) in [5.41, 5.74) is 17.0. The van der Waals surface area contributed by atoms with Crippen molar-refractivity contribution in [2.75, 3.05) is 32.9 Å². The van der Waals surface area contributed by atoms with Crippen molar-refractivity contribution in [3.63, 3.8) is 0 Å². The lowest BCUT2D eigenvalue weighted by Crippen LogP contribution is -2.41. The predicted octanol–water partition coefficient (Wildman–Crippen LogP) is -0.752. The summed E-state index contributed by atoms with van der Waals surface area (Å²) in [5.74, 6) is -2.33. The van der Waals surface area contributed by atoms with Gasteiger partial charge in [-0.15, -0.1) is 0 Å². The van der Waals surface area contributed by atoms with Crippen molar-refractivity contribution in [3.8, 4) is 5.75 Å². The van der Waals surface area contributed by atoms with Crippen LogP contribution in [0, 0.1) is 19.3 Å². The number of aliphatic carboxylic acids is 1. The highest BCUT2D eigenvalue weighted by Gasteiger charge is 2.29. The van der Waals surface area contributed by atoms with Crippen LogP contribution in [0.1, 0.15) is 50.7 Å². The van der Waals surface area contributed by atoms with Crippen molar-refractivity contribution < 1.29 is 43.7 Å². The van der Waals surface area contributed by atoms with Crippen LogP contribution in [-0.4, -0.2) is 84.9 Å². The number of hydrogen-bond acceptors (Lipinski definition) is 10. The Morgan fingerprint density at radius 1 is 0.951 bits per heavy atom. The average molecular weight is 584 g/mol. The van der Waals surface area contributed by atoms with Gasteiger partial charge in [0.1, 0.15) is 18.4 Å². The number of rotatable bonds is 17. The number of hydrogen-bond donors (Lipinski definition) is 7. The van der Waals surface area contributed by atoms with E-state index in [0.29, 0.717) is 19.4 Å². The number of amides is 3. The van der Waals surface area contributed by atoms with Crippen molar-refractivity contribution in [1.82, 2.24) is 10.6 Å². The Balaban J connectivity index is 0.00000112. The zero-order valence-electron chi connectivity index (χ0n) is 24.2. The molecule has 3 amide bonds. The predicted molar refractivity (Wildman–Crippen MR) is 151 cm³/mol. The van der Waals surface area contributed by atoms with Crippen LogP contribution >= 0.6 is 0 Å². The fourth-order valence-electron chi connectivity index (χ4n) is 3.12. The van der Waals surface area contributed by atoms with Gasteiger partial charge in [0.05, 0.1) is 44.1 Å². The number of carbonyl (C=O) groups excluding carboxylic acids is 4. The Labute approximate surface area is 240 Å². The van der Waals surface area contributed by atoms with E-state index < -0.39 is 41.2 Å². The quantitative estimate of drug-likeness (QED) is 0.0887. The van der Waals surface area contributed by atoms with Gasteiger partial charge >= 0.3 is 11.9 Å². The first-order chi connectivity index (χ1) is 19.1. The Bertz CT molecular complexity index is 1020. The first-order valence-electron chi connectivity index (χ1n) is 13.2. The van der Waals surface area contributed by atoms with Gasteiger partial charge in [-0.1, -0.05) is 12.1 Å². The molecule has 10 N–H and O–H groups in total. The van der Waals surface area contributed by atoms with E-state index in [1.54, 1.807) is 0 Å². The van der Waals surface area contributed by atoms with E-state index in [9.17, 15) is 24.0 Å². The monoisotopic (exact) mass is 583 g/mol. The standard InChI is InChI=1S/C21H33N3O5.C6H12N2O4/c1-14-6-7-15(2)17(12-14)28-10-5-8-21(3,4)20(27)29-11-9-24-18(25)13-16(22)19(23)26;7-4(6(11)12)3-5(10)8-1-2-9/h6-7,12,16H,5,8-11,13,22H2,1-4H3,(H2,23,26)(H,24,25);4,9H,1-3,7H2,(H,8,10)(H,11,12). The molecule has 0 radical (unpaired) electrons. The lowest BCUT2D eigenvalue weighted by atomic mass is 9.88. The number of esters is 1. The highest BCUT2D eigenvalue weighted by molar-refractivity contribution is 5.87. The highest BCUT2D eigenvalue weighted by Crippen LogP contribution is 2.25. The number of aryl methyl sites for hydroxylation is 2. The number of aliphatic hydroxyl groups excluding tert-OH is 1. The van der Waals surface area contributed by atoms with Crippen molar-refractivity contribution in [2.24, 2.45) is 22.6 Å². The van der Waals surface area contributed by atoms with Gasteiger partial charge in [0.15, 0.2) is 0 Å². The molecule has 0 aliphatic carbocycles. The molecular formula is C27H45N5O9. The fraction of sp³-hybridized carbons (Fsp3) is 0.593. The van der Waals surface area contributed by atoms with E-state index in [1.165, 1.54) is 0 Å². The van der Waals surface area contributed by atoms with E-state index >= 15 is 0 Å². The number of carboxylic acids is 1. The Kier molecular flexibility index (Phi) is 17.6. The maximum absolute atomic E-state index is 12.3. The van der Waals surface area contributed by atoms with Crippen LogP contribution in [-0.2, 0) is 28.7 Å². The van der Waals surface area contributed by atoms with E-state index in [-0.39, 0.29) is 45.1 Å². The largest absolute Gasteiger partial charge is 0.493 e. The molecule has 0 saturated heterocycles. The molecule has 0 aliphatic rings. The second-order valence-corrected chi connectivity index (χ2v) is 10.0. The molecular weight excluding hydrogens is 538 g/mol. The Hall–Kier alpha value is -3.75. The maximum atomic E-state index is 12.3. The second kappa shape index (κ2) is 19.3. The minimum Gasteiger partial charge on any atom is -0.493 e. The van der Waals surface area contributed by atoms with Crippen LogP contribution in [0.15, 0.2) is 18.2 Å². The van der Waals surface area contributed by atoms with Gasteiger partial charge in [-0.2, -0.15) is 0 Å². The number of carbonyl (C=O) groups is 5. The topological polar surface area (TPSA) is 246 Å². The van der Waals surface area contributed by atoms with Gasteiger partial charge in [-0.3, -0.25) is 24.0 Å². The SMILES string of the molecule is Cc1ccc(C)c(OCCCC(C)(C)C(=O)OCCNC(=O)CC(N)C(N)=O)c1.NC(CC(=O)NCCO)C(=O)O. The van der Waals surface area contributed by atoms with Crippen LogP contribution in [0.4, 0.5) is 0 Å². The summed E-state index contributed by atoms with van der Waals surface area (Å²) < 4.78 is 11.1. The lowest BCUT2D eigenvalue weighted by Gasteiger charge is -2.22. The molecule has 1 aromatic rings. The molecule has 2 atom stereocenters. The van der Waals surface area contributed by atoms with Crippen LogP contribution in [0.25, 0.3) is 0 Å². The molecule has 0 bridgehead atoms. The lowest BCUT2D eigenvalue weighted by molar-refractivity contribution is -0.154. The average Bonchev–Trinajstić information content (AvgIpc) is 2.89. The number of nitrogens with one attached hydrogen (secondary N) is 2. The molecule has 0 saturated carbocycles. The fourth-order valence-corrected chi connectivity index (χ4v) is 3.12. The molecule has 2 unspecified atom stereocenters. The maximum Gasteiger partial charge on any atom is 0.321 e. The number of carboxylic acid groups (broad SMARTS) is 1. The number of benzene rings is 1. The molecule has 1 rings (SSSR count). The molecule has 0 heterocycles. The number of aliphatic hydroxyl groups is 1. The van der Waals surface area contributed by atoms with Crippen LogP contribution in [0.2, 0.25) is 0 Å². The summed E-state index contributed by atoms with van der Waals surface area (Å²) in [6, 6.07) is 3.85. The van der Waals surface area contributed by atoms with E-state index in [4.69, 9.17) is 36.9 Å². The van der Waals surface area contributed by atoms with Crippen molar-refractivity contribution in [1.29, 1.82) is 0 Å². The smallest absolute Gasteiger partial charge is 0.321 e. The molecule has 0 fully saturated rings. The van der Waals surface area contributed by atoms with Gasteiger partial charge in [-0.25, -0.2) is 0 Å². The molecule has 0 aliphatic heterocycles. The third-order valence-electron chi connectivity index (χ3n) is 5.68. The number of nitrogens with two attached hydrogens (primary N) is 3. The molecule has 14 nitrogen and oxygen atoms in total. The van der Waals surface area contributed by atoms with Crippen molar-refractivity contribution in [2.45, 2.75) is 65.5 Å². The second-order valence-electron chi connectivity index (χ2n) is 10.0. The van der Waals surface area contributed by atoms with Crippen LogP contribution < -0.4 is 32.6 Å². The first-order valence-corrected chi connectivity index (χ1v) is 13.2. The van der Waals surface area contributed by atoms with Crippen molar-refractivity contribution >= 4 is 29.7 Å². The summed E-state index contributed by atoms with van der Waals surface area (Å²) in [5, 5.41) is 21.4. The third-order valence-corrected chi connectivity index (χ3v) is 5.68. The molecule has 14 heteroatoms. The summed E-state index contributed by atoms with van der Waals surface area (Å²) >= 11 is 0. The van der Waals surface area contributed by atoms with Gasteiger partial charge < -0.3 is 47.5 Å². The van der Waals surface area contributed by atoms with E-state index in [2.05, 4.69) is 10.6 Å². The molecule has 0 spiro atoms. The first kappa shape index (κ1) is 37.2. The normalized spacial score (nSPS) is 12.2. The summed E-state index contributed by atoms with van der Waals surface area (Å²) in [7, 11) is 0. The van der Waals surface area contributed by atoms with Gasteiger partial charge in [0.2, 0.25) is 17.7 Å². The Morgan fingerprint density at radius 2 is 1.54 bits per heavy atom. The van der Waals surface area contributed by atoms with Gasteiger partial charge in [-0.05, 0) is 57.7 Å². The number of ether oxygens (including phenoxy) is 2. The zero-order valence-corrected chi connectivity index (χ0v) is 24.2. The Morgan fingerprint density at radius 3 is 2.10 bits per heavy atom. The van der Waals surface area contributed by atoms with Gasteiger partial charge in [0, 0.05) is 6.54 Å². The van der Waals surface area contributed by atoms with Crippen LogP contribution in [0.5, 0.6) is 5.75 Å². The molecule has 41 heavy (non-hydrogen) atoms. The minimum absolute atomic E-state index is 0.0405. The highest BCUT2D eigenvalue weighted by atomic mass is 16.5. The van der Waals surface area contributed by atoms with E-state index in [1.807, 2.05) is 45.9 Å². The minimum atomic E-state index is -1.21. The summed E-state index contributed by atoms with van der Waals surface area (Å²) in [4.78, 5) is 55.6. The van der Waals surface area contributed by atoms with Crippen molar-refractivity contribution in [3.05, 3.63) is 29.3 Å². The third kappa shape index (κ3) is 16.8. The number of primary amides is 1. The van der Waals surface area contributed by atoms with E-state index in [0.717, 1.165) is 16.9 Å². The molecule has 232 valence electrons. The molecule has 1 aromatic carbocycles. The zero-order chi connectivity index (χ0) is 31.6. The van der Waals surface area contributed by atoms with Crippen LogP contribution in [0.3, 0.4) is 0 Å². The van der Waals surface area contributed by atoms with Gasteiger partial charge in [0.25, 0.3) is 0 Å². The molecule has 0 aromatic heterocycles. The summed E-state index contributed by atoms with van der Waals surface area (Å²) in [6.45, 7) is 8.28.